The molecule has 2 heterocycles. The number of nitrogens with zero attached hydrogens (tertiary/aromatic N) is 1. The Hall–Kier alpha value is -2.44. The zero-order valence-corrected chi connectivity index (χ0v) is 10.5. The number of nitrogens with one attached hydrogen (secondary N) is 2. The van der Waals surface area contributed by atoms with Crippen LogP contribution in [-0.2, 0) is 4.79 Å². The van der Waals surface area contributed by atoms with E-state index in [1.54, 1.807) is 0 Å². The highest BCUT2D eigenvalue weighted by molar-refractivity contribution is 6.08. The van der Waals surface area contributed by atoms with Gasteiger partial charge in [0.1, 0.15) is 11.4 Å². The second-order valence-corrected chi connectivity index (χ2v) is 4.98. The van der Waals surface area contributed by atoms with Crippen LogP contribution in [0.3, 0.4) is 0 Å². The van der Waals surface area contributed by atoms with Gasteiger partial charge in [-0.15, -0.1) is 0 Å². The number of amides is 4. The van der Waals surface area contributed by atoms with E-state index >= 15 is 0 Å². The van der Waals surface area contributed by atoms with Crippen molar-refractivity contribution in [2.45, 2.75) is 12.0 Å². The predicted molar refractivity (Wildman–Crippen MR) is 66.3 cm³/mol. The number of hydrogen-bond acceptors (Lipinski definition) is 3. The molecule has 0 aliphatic carbocycles. The highest BCUT2D eigenvalue weighted by Gasteiger charge is 2.51. The zero-order valence-electron chi connectivity index (χ0n) is 10.5. The minimum atomic E-state index is -1.04. The molecule has 20 heavy (non-hydrogen) atoms. The molecule has 2 aliphatic rings. The first-order chi connectivity index (χ1) is 9.50. The number of benzene rings is 1. The SMILES string of the molecule is O=C1NC(=O)C2(CCN(C(=O)c3cccc(F)c3)C2)N1. The standard InChI is InChI=1S/C13H12FN3O3/c14-9-3-1-2-8(6-9)10(18)17-5-4-13(7-17)11(19)15-12(20)16-13/h1-3,6H,4-5,7H2,(H2,15,16,19,20). The summed E-state index contributed by atoms with van der Waals surface area (Å²) < 4.78 is 13.1. The van der Waals surface area contributed by atoms with Gasteiger partial charge in [-0.3, -0.25) is 14.9 Å². The molecule has 2 N–H and O–H groups in total. The zero-order chi connectivity index (χ0) is 14.3. The molecule has 0 saturated carbocycles. The van der Waals surface area contributed by atoms with Crippen molar-refractivity contribution < 1.29 is 18.8 Å². The van der Waals surface area contributed by atoms with E-state index in [9.17, 15) is 18.8 Å². The van der Waals surface area contributed by atoms with Gasteiger partial charge in [-0.1, -0.05) is 6.07 Å². The Labute approximate surface area is 113 Å². The molecule has 0 aromatic heterocycles. The number of rotatable bonds is 1. The Morgan fingerprint density at radius 3 is 2.80 bits per heavy atom. The molecule has 1 aromatic rings. The molecule has 6 nitrogen and oxygen atoms in total. The van der Waals surface area contributed by atoms with Crippen LogP contribution in [-0.4, -0.2) is 41.4 Å². The molecular weight excluding hydrogens is 265 g/mol. The minimum Gasteiger partial charge on any atom is -0.336 e. The number of likely N-dealkylation sites (tertiary alicyclic amines) is 1. The molecule has 1 atom stereocenters. The van der Waals surface area contributed by atoms with Gasteiger partial charge < -0.3 is 10.2 Å². The summed E-state index contributed by atoms with van der Waals surface area (Å²) in [6, 6.07) is 4.84. The lowest BCUT2D eigenvalue weighted by Gasteiger charge is -2.21. The van der Waals surface area contributed by atoms with Crippen molar-refractivity contribution in [1.82, 2.24) is 15.5 Å². The van der Waals surface area contributed by atoms with Gasteiger partial charge in [-0.25, -0.2) is 9.18 Å². The van der Waals surface area contributed by atoms with Gasteiger partial charge in [0.15, 0.2) is 0 Å². The smallest absolute Gasteiger partial charge is 0.322 e. The van der Waals surface area contributed by atoms with Crippen LogP contribution in [0, 0.1) is 5.82 Å². The van der Waals surface area contributed by atoms with E-state index in [2.05, 4.69) is 10.6 Å². The third-order valence-electron chi connectivity index (χ3n) is 3.64. The van der Waals surface area contributed by atoms with Crippen LogP contribution in [0.25, 0.3) is 0 Å². The highest BCUT2D eigenvalue weighted by atomic mass is 19.1. The predicted octanol–water partition coefficient (Wildman–Crippen LogP) is 0.250. The summed E-state index contributed by atoms with van der Waals surface area (Å²) in [4.78, 5) is 36.7. The largest absolute Gasteiger partial charge is 0.336 e. The second-order valence-electron chi connectivity index (χ2n) is 4.98. The van der Waals surface area contributed by atoms with Gasteiger partial charge in [0, 0.05) is 12.1 Å². The van der Waals surface area contributed by atoms with E-state index in [-0.39, 0.29) is 18.0 Å². The van der Waals surface area contributed by atoms with E-state index in [0.29, 0.717) is 13.0 Å². The summed E-state index contributed by atoms with van der Waals surface area (Å²) in [5.41, 5.74) is -0.813. The monoisotopic (exact) mass is 277 g/mol. The van der Waals surface area contributed by atoms with Crippen LogP contribution >= 0.6 is 0 Å². The van der Waals surface area contributed by atoms with Crippen LogP contribution < -0.4 is 10.6 Å². The van der Waals surface area contributed by atoms with E-state index in [1.165, 1.54) is 23.1 Å². The van der Waals surface area contributed by atoms with Crippen molar-refractivity contribution in [3.63, 3.8) is 0 Å². The first-order valence-electron chi connectivity index (χ1n) is 6.19. The van der Waals surface area contributed by atoms with Gasteiger partial charge in [0.25, 0.3) is 11.8 Å². The Morgan fingerprint density at radius 1 is 1.35 bits per heavy atom. The summed E-state index contributed by atoms with van der Waals surface area (Å²) >= 11 is 0. The summed E-state index contributed by atoms with van der Waals surface area (Å²) in [7, 11) is 0. The summed E-state index contributed by atoms with van der Waals surface area (Å²) in [6.45, 7) is 0.433. The summed E-state index contributed by atoms with van der Waals surface area (Å²) in [6.07, 6.45) is 0.353. The van der Waals surface area contributed by atoms with Gasteiger partial charge in [0.2, 0.25) is 0 Å². The van der Waals surface area contributed by atoms with Gasteiger partial charge in [-0.2, -0.15) is 0 Å². The quantitative estimate of drug-likeness (QED) is 0.722. The second kappa shape index (κ2) is 4.29. The van der Waals surface area contributed by atoms with Crippen LogP contribution in [0.1, 0.15) is 16.8 Å². The molecule has 2 fully saturated rings. The highest BCUT2D eigenvalue weighted by Crippen LogP contribution is 2.26. The number of carbonyl (C=O) groups is 3. The average Bonchev–Trinajstić information content (AvgIpc) is 2.94. The van der Waals surface area contributed by atoms with Crippen molar-refractivity contribution in [1.29, 1.82) is 0 Å². The van der Waals surface area contributed by atoms with E-state index in [1.807, 2.05) is 0 Å². The number of halogens is 1. The minimum absolute atomic E-state index is 0.0971. The first kappa shape index (κ1) is 12.6. The maximum Gasteiger partial charge on any atom is 0.322 e. The summed E-state index contributed by atoms with van der Waals surface area (Å²) in [5.74, 6) is -1.26. The molecule has 1 spiro atoms. The topological polar surface area (TPSA) is 78.5 Å². The number of hydrogen-bond donors (Lipinski definition) is 2. The molecule has 1 aromatic carbocycles. The normalized spacial score (nSPS) is 24.9. The fraction of sp³-hybridized carbons (Fsp3) is 0.308. The Balaban J connectivity index is 1.79. The van der Waals surface area contributed by atoms with E-state index < -0.39 is 23.3 Å². The molecule has 2 saturated heterocycles. The molecule has 2 aliphatic heterocycles. The van der Waals surface area contributed by atoms with Crippen molar-refractivity contribution in [3.8, 4) is 0 Å². The van der Waals surface area contributed by atoms with Crippen molar-refractivity contribution in [2.24, 2.45) is 0 Å². The number of urea groups is 1. The molecule has 0 radical (unpaired) electrons. The van der Waals surface area contributed by atoms with Crippen LogP contribution in [0.15, 0.2) is 24.3 Å². The Kier molecular flexibility index (Phi) is 2.70. The lowest BCUT2D eigenvalue weighted by molar-refractivity contribution is -0.123. The molecule has 7 heteroatoms. The third-order valence-corrected chi connectivity index (χ3v) is 3.64. The van der Waals surface area contributed by atoms with Gasteiger partial charge in [0.05, 0.1) is 6.54 Å². The maximum atomic E-state index is 13.1. The maximum absolute atomic E-state index is 13.1. The third kappa shape index (κ3) is 1.91. The molecule has 1 unspecified atom stereocenters. The first-order valence-corrected chi connectivity index (χ1v) is 6.19. The lowest BCUT2D eigenvalue weighted by atomic mass is 9.99. The van der Waals surface area contributed by atoms with Gasteiger partial charge >= 0.3 is 6.03 Å². The lowest BCUT2D eigenvalue weighted by Crippen LogP contribution is -2.49. The van der Waals surface area contributed by atoms with Gasteiger partial charge in [-0.05, 0) is 24.6 Å². The van der Waals surface area contributed by atoms with E-state index in [0.717, 1.165) is 6.07 Å². The Bertz CT molecular complexity index is 619. The molecule has 4 amide bonds. The van der Waals surface area contributed by atoms with Crippen LogP contribution in [0.2, 0.25) is 0 Å². The van der Waals surface area contributed by atoms with E-state index in [4.69, 9.17) is 0 Å². The molecular formula is C13H12FN3O3. The number of carbonyl (C=O) groups excluding carboxylic acids is 3. The average molecular weight is 277 g/mol. The van der Waals surface area contributed by atoms with Crippen molar-refractivity contribution in [3.05, 3.63) is 35.6 Å². The fourth-order valence-electron chi connectivity index (χ4n) is 2.60. The molecule has 104 valence electrons. The number of imide groups is 1. The van der Waals surface area contributed by atoms with Crippen molar-refractivity contribution in [2.75, 3.05) is 13.1 Å². The van der Waals surface area contributed by atoms with Crippen LogP contribution in [0.4, 0.5) is 9.18 Å². The molecule has 0 bridgehead atoms. The fourth-order valence-corrected chi connectivity index (χ4v) is 2.60. The van der Waals surface area contributed by atoms with Crippen LogP contribution in [0.5, 0.6) is 0 Å². The summed E-state index contributed by atoms with van der Waals surface area (Å²) in [5, 5.41) is 4.73. The van der Waals surface area contributed by atoms with Crippen molar-refractivity contribution >= 4 is 17.8 Å². The Morgan fingerprint density at radius 2 is 2.15 bits per heavy atom. The molecule has 3 rings (SSSR count).